The van der Waals surface area contributed by atoms with Gasteiger partial charge in [-0.05, 0) is 60.3 Å². The molecule has 0 aliphatic heterocycles. The highest BCUT2D eigenvalue weighted by molar-refractivity contribution is 5.87. The molecule has 0 aromatic heterocycles. The predicted molar refractivity (Wildman–Crippen MR) is 108 cm³/mol. The Morgan fingerprint density at radius 1 is 1.04 bits per heavy atom. The van der Waals surface area contributed by atoms with Crippen molar-refractivity contribution in [3.05, 3.63) is 48.0 Å². The monoisotopic (exact) mass is 363 g/mol. The van der Waals surface area contributed by atoms with E-state index >= 15 is 0 Å². The predicted octanol–water partition coefficient (Wildman–Crippen LogP) is 3.55. The number of rotatable bonds is 5. The fraction of sp³-hybridized carbons (Fsp3) is 0.542. The summed E-state index contributed by atoms with van der Waals surface area (Å²) in [5.74, 6) is 2.98. The van der Waals surface area contributed by atoms with E-state index in [2.05, 4.69) is 60.0 Å². The normalized spacial score (nSPS) is 32.6. The fourth-order valence-corrected chi connectivity index (χ4v) is 6.74. The topological polar surface area (TPSA) is 45.7 Å². The number of hydrogen-bond donors (Lipinski definition) is 2. The van der Waals surface area contributed by atoms with Gasteiger partial charge in [0.2, 0.25) is 0 Å². The van der Waals surface area contributed by atoms with Gasteiger partial charge >= 0.3 is 0 Å². The van der Waals surface area contributed by atoms with E-state index < -0.39 is 0 Å². The first-order chi connectivity index (χ1) is 13.1. The summed E-state index contributed by atoms with van der Waals surface area (Å²) < 4.78 is 0. The number of nitrogens with two attached hydrogens (primary N) is 1. The van der Waals surface area contributed by atoms with Gasteiger partial charge in [0, 0.05) is 19.3 Å². The maximum atomic E-state index is 12.7. The minimum atomic E-state index is 0.0355. The summed E-state index contributed by atoms with van der Waals surface area (Å²) in [7, 11) is 0. The average molecular weight is 364 g/mol. The van der Waals surface area contributed by atoms with Crippen molar-refractivity contribution < 1.29 is 10.1 Å². The van der Waals surface area contributed by atoms with Gasteiger partial charge in [-0.1, -0.05) is 42.5 Å². The van der Waals surface area contributed by atoms with E-state index in [4.69, 9.17) is 0 Å². The number of nitrogens with one attached hydrogen (secondary N) is 1. The Morgan fingerprint density at radius 2 is 1.67 bits per heavy atom. The summed E-state index contributed by atoms with van der Waals surface area (Å²) in [6.07, 6.45) is 8.38. The van der Waals surface area contributed by atoms with E-state index in [0.29, 0.717) is 12.1 Å². The molecule has 4 bridgehead atoms. The van der Waals surface area contributed by atoms with Crippen molar-refractivity contribution in [2.75, 3.05) is 6.54 Å². The van der Waals surface area contributed by atoms with Crippen LogP contribution in [0.3, 0.4) is 0 Å². The van der Waals surface area contributed by atoms with Gasteiger partial charge in [-0.3, -0.25) is 4.79 Å². The molecule has 27 heavy (non-hydrogen) atoms. The van der Waals surface area contributed by atoms with Crippen LogP contribution in [0, 0.1) is 17.8 Å². The van der Waals surface area contributed by atoms with Crippen LogP contribution in [-0.4, -0.2) is 18.0 Å². The van der Waals surface area contributed by atoms with Gasteiger partial charge in [0.25, 0.3) is 5.91 Å². The summed E-state index contributed by atoms with van der Waals surface area (Å²) in [5.41, 5.74) is 1.57. The lowest BCUT2D eigenvalue weighted by molar-refractivity contribution is -0.730. The Morgan fingerprint density at radius 3 is 2.37 bits per heavy atom. The molecule has 4 saturated carbocycles. The third-order valence-electron chi connectivity index (χ3n) is 7.47. The van der Waals surface area contributed by atoms with Crippen molar-refractivity contribution in [2.24, 2.45) is 17.8 Å². The third kappa shape index (κ3) is 3.27. The molecule has 4 aliphatic carbocycles. The first-order valence-corrected chi connectivity index (χ1v) is 10.7. The molecule has 3 N–H and O–H groups in total. The SMILES string of the molecule is C[C@H](NC(=O)C[NH2+]C12CC3CC(CC(C3)C1)C2)c1cccc2ccccc12. The molecule has 0 heterocycles. The summed E-state index contributed by atoms with van der Waals surface area (Å²) in [5, 5.41) is 8.12. The van der Waals surface area contributed by atoms with Gasteiger partial charge in [0.05, 0.1) is 11.6 Å². The van der Waals surface area contributed by atoms with Crippen LogP contribution >= 0.6 is 0 Å². The molecule has 3 heteroatoms. The van der Waals surface area contributed by atoms with Gasteiger partial charge in [-0.25, -0.2) is 0 Å². The van der Waals surface area contributed by atoms with Crippen molar-refractivity contribution in [1.29, 1.82) is 0 Å². The van der Waals surface area contributed by atoms with E-state index in [-0.39, 0.29) is 11.9 Å². The molecule has 0 radical (unpaired) electrons. The average Bonchev–Trinajstić information content (AvgIpc) is 2.65. The van der Waals surface area contributed by atoms with Gasteiger partial charge in [-0.2, -0.15) is 0 Å². The molecule has 1 amide bonds. The Bertz CT molecular complexity index is 818. The second-order valence-electron chi connectivity index (χ2n) is 9.55. The lowest BCUT2D eigenvalue weighted by atomic mass is 9.53. The van der Waals surface area contributed by atoms with Gasteiger partial charge < -0.3 is 10.6 Å². The van der Waals surface area contributed by atoms with Crippen molar-refractivity contribution in [1.82, 2.24) is 5.32 Å². The zero-order chi connectivity index (χ0) is 18.4. The molecule has 2 aromatic carbocycles. The Labute approximate surface area is 161 Å². The van der Waals surface area contributed by atoms with E-state index in [0.717, 1.165) is 17.8 Å². The van der Waals surface area contributed by atoms with Crippen LogP contribution in [-0.2, 0) is 4.79 Å². The number of carbonyl (C=O) groups excluding carboxylic acids is 1. The molecule has 0 saturated heterocycles. The molecule has 0 spiro atoms. The first-order valence-electron chi connectivity index (χ1n) is 10.7. The lowest BCUT2D eigenvalue weighted by Gasteiger charge is -2.54. The molecule has 1 atom stereocenters. The summed E-state index contributed by atoms with van der Waals surface area (Å²) in [4.78, 5) is 12.7. The maximum absolute atomic E-state index is 12.7. The number of carbonyl (C=O) groups is 1. The molecule has 4 fully saturated rings. The molecular formula is C24H31N2O+. The number of fused-ring (bicyclic) bond motifs is 1. The van der Waals surface area contributed by atoms with Crippen molar-refractivity contribution in [3.63, 3.8) is 0 Å². The summed E-state index contributed by atoms with van der Waals surface area (Å²) >= 11 is 0. The van der Waals surface area contributed by atoms with Crippen LogP contribution < -0.4 is 10.6 Å². The minimum Gasteiger partial charge on any atom is -0.345 e. The minimum absolute atomic E-state index is 0.0355. The molecule has 142 valence electrons. The van der Waals surface area contributed by atoms with E-state index in [1.165, 1.54) is 54.9 Å². The zero-order valence-corrected chi connectivity index (χ0v) is 16.3. The van der Waals surface area contributed by atoms with Crippen LogP contribution in [0.15, 0.2) is 42.5 Å². The van der Waals surface area contributed by atoms with Gasteiger partial charge in [0.1, 0.15) is 0 Å². The van der Waals surface area contributed by atoms with E-state index in [1.807, 2.05) is 0 Å². The van der Waals surface area contributed by atoms with E-state index in [9.17, 15) is 4.79 Å². The summed E-state index contributed by atoms with van der Waals surface area (Å²) in [6, 6.07) is 14.8. The Kier molecular flexibility index (Phi) is 4.23. The molecule has 3 nitrogen and oxygen atoms in total. The second-order valence-corrected chi connectivity index (χ2v) is 9.55. The van der Waals surface area contributed by atoms with Crippen molar-refractivity contribution in [2.45, 2.75) is 57.0 Å². The van der Waals surface area contributed by atoms with Crippen LogP contribution in [0.5, 0.6) is 0 Å². The zero-order valence-electron chi connectivity index (χ0n) is 16.3. The molecule has 6 rings (SSSR count). The number of amides is 1. The van der Waals surface area contributed by atoms with Crippen LogP contribution in [0.25, 0.3) is 10.8 Å². The summed E-state index contributed by atoms with van der Waals surface area (Å²) in [6.45, 7) is 2.67. The highest BCUT2D eigenvalue weighted by atomic mass is 16.2. The first kappa shape index (κ1) is 17.2. The van der Waals surface area contributed by atoms with Crippen molar-refractivity contribution in [3.8, 4) is 0 Å². The molecule has 4 aliphatic rings. The van der Waals surface area contributed by atoms with Crippen LogP contribution in [0.4, 0.5) is 0 Å². The smallest absolute Gasteiger partial charge is 0.275 e. The largest absolute Gasteiger partial charge is 0.345 e. The third-order valence-corrected chi connectivity index (χ3v) is 7.47. The second kappa shape index (κ2) is 6.63. The Hall–Kier alpha value is -1.87. The fourth-order valence-electron chi connectivity index (χ4n) is 6.74. The highest BCUT2D eigenvalue weighted by Crippen LogP contribution is 2.54. The highest BCUT2D eigenvalue weighted by Gasteiger charge is 2.53. The number of quaternary nitrogens is 1. The van der Waals surface area contributed by atoms with Crippen molar-refractivity contribution >= 4 is 16.7 Å². The van der Waals surface area contributed by atoms with Crippen LogP contribution in [0.2, 0.25) is 0 Å². The number of benzene rings is 2. The maximum Gasteiger partial charge on any atom is 0.275 e. The lowest BCUT2D eigenvalue weighted by Crippen LogP contribution is -3.00. The number of hydrogen-bond acceptors (Lipinski definition) is 1. The molecular weight excluding hydrogens is 332 g/mol. The quantitative estimate of drug-likeness (QED) is 0.838. The Balaban J connectivity index is 1.23. The standard InChI is InChI=1S/C24H30N2O/c1-16(21-8-4-6-20-5-2-3-7-22(20)21)26-23(27)15-25-24-12-17-9-18(13-24)11-19(10-17)14-24/h2-8,16-19,25H,9-15H2,1H3,(H,26,27)/p+1/t16-,17?,18?,19?,24?/m0/s1. The van der Waals surface area contributed by atoms with Crippen LogP contribution in [0.1, 0.15) is 57.1 Å². The molecule has 0 unspecified atom stereocenters. The molecule has 2 aromatic rings. The van der Waals surface area contributed by atoms with E-state index in [1.54, 1.807) is 0 Å². The van der Waals surface area contributed by atoms with Gasteiger partial charge in [-0.15, -0.1) is 0 Å². The van der Waals surface area contributed by atoms with Gasteiger partial charge in [0.15, 0.2) is 6.54 Å².